The molecule has 0 nitrogen and oxygen atoms in total. The van der Waals surface area contributed by atoms with E-state index in [4.69, 9.17) is 0 Å². The van der Waals surface area contributed by atoms with Gasteiger partial charge in [0.15, 0.2) is 0 Å². The van der Waals surface area contributed by atoms with Crippen molar-refractivity contribution in [2.75, 3.05) is 0 Å². The summed E-state index contributed by atoms with van der Waals surface area (Å²) in [6.07, 6.45) is 11.7. The minimum Gasteiger partial charge on any atom is -0.0636 e. The van der Waals surface area contributed by atoms with Gasteiger partial charge < -0.3 is 0 Å². The quantitative estimate of drug-likeness (QED) is 0.593. The molecule has 0 atom stereocenters. The molecule has 0 saturated heterocycles. The maximum Gasteiger partial charge on any atom is 0.00766 e. The van der Waals surface area contributed by atoms with Crippen molar-refractivity contribution >= 4 is 0 Å². The molecule has 0 radical (unpaired) electrons. The van der Waals surface area contributed by atoms with Gasteiger partial charge in [-0.25, -0.2) is 0 Å². The second-order valence-electron chi connectivity index (χ2n) is 7.15. The van der Waals surface area contributed by atoms with Crippen molar-refractivity contribution in [2.45, 2.75) is 54.4 Å². The van der Waals surface area contributed by atoms with Crippen molar-refractivity contribution in [2.24, 2.45) is 17.3 Å². The third-order valence-electron chi connectivity index (χ3n) is 4.88. The lowest BCUT2D eigenvalue weighted by Gasteiger charge is -2.30. The van der Waals surface area contributed by atoms with Gasteiger partial charge in [-0.15, -0.1) is 0 Å². The van der Waals surface area contributed by atoms with Crippen molar-refractivity contribution in [3.05, 3.63) is 46.6 Å². The predicted molar refractivity (Wildman–Crippen MR) is 85.0 cm³/mol. The van der Waals surface area contributed by atoms with Gasteiger partial charge in [-0.3, -0.25) is 0 Å². The van der Waals surface area contributed by atoms with E-state index in [1.54, 1.807) is 22.3 Å². The summed E-state index contributed by atoms with van der Waals surface area (Å²) in [6.45, 7) is 14.0. The second kappa shape index (κ2) is 5.15. The molecule has 0 unspecified atom stereocenters. The van der Waals surface area contributed by atoms with Gasteiger partial charge in [0, 0.05) is 5.41 Å². The fourth-order valence-electron chi connectivity index (χ4n) is 2.95. The molecule has 104 valence electrons. The van der Waals surface area contributed by atoms with Crippen LogP contribution < -0.4 is 0 Å². The Morgan fingerprint density at radius 1 is 0.737 bits per heavy atom. The molecule has 19 heavy (non-hydrogen) atoms. The maximum absolute atomic E-state index is 2.39. The third kappa shape index (κ3) is 2.78. The zero-order valence-electron chi connectivity index (χ0n) is 13.4. The highest BCUT2D eigenvalue weighted by Crippen LogP contribution is 2.46. The zero-order chi connectivity index (χ0) is 14.2. The van der Waals surface area contributed by atoms with Crippen molar-refractivity contribution in [3.8, 4) is 0 Å². The Hall–Kier alpha value is -1.04. The molecule has 0 N–H and O–H groups in total. The summed E-state index contributed by atoms with van der Waals surface area (Å²) in [6, 6.07) is 0. The van der Waals surface area contributed by atoms with Crippen LogP contribution in [0, 0.1) is 17.3 Å². The van der Waals surface area contributed by atoms with E-state index in [1.807, 2.05) is 0 Å². The van der Waals surface area contributed by atoms with Crippen molar-refractivity contribution in [3.63, 3.8) is 0 Å². The molecular formula is C19H28. The Balaban J connectivity index is 2.07. The maximum atomic E-state index is 2.39. The lowest BCUT2D eigenvalue weighted by molar-refractivity contribution is 0.508. The summed E-state index contributed by atoms with van der Waals surface area (Å²) in [4.78, 5) is 0. The smallest absolute Gasteiger partial charge is 0.00766 e. The van der Waals surface area contributed by atoms with Crippen LogP contribution in [-0.2, 0) is 0 Å². The van der Waals surface area contributed by atoms with Crippen LogP contribution in [0.15, 0.2) is 46.6 Å². The largest absolute Gasteiger partial charge is 0.0636 e. The Morgan fingerprint density at radius 3 is 1.37 bits per heavy atom. The molecule has 0 aromatic carbocycles. The van der Waals surface area contributed by atoms with E-state index < -0.39 is 0 Å². The highest BCUT2D eigenvalue weighted by atomic mass is 14.4. The van der Waals surface area contributed by atoms with Gasteiger partial charge in [0.25, 0.3) is 0 Å². The second-order valence-corrected chi connectivity index (χ2v) is 7.15. The molecule has 0 aromatic heterocycles. The highest BCUT2D eigenvalue weighted by molar-refractivity contribution is 5.44. The summed E-state index contributed by atoms with van der Waals surface area (Å²) < 4.78 is 0. The molecule has 0 aliphatic heterocycles. The third-order valence-corrected chi connectivity index (χ3v) is 4.88. The van der Waals surface area contributed by atoms with Gasteiger partial charge in [-0.05, 0) is 24.7 Å². The molecule has 0 fully saturated rings. The van der Waals surface area contributed by atoms with E-state index in [1.165, 1.54) is 12.8 Å². The van der Waals surface area contributed by atoms with Crippen LogP contribution >= 0.6 is 0 Å². The minimum absolute atomic E-state index is 0.209. The van der Waals surface area contributed by atoms with Crippen LogP contribution in [0.4, 0.5) is 0 Å². The predicted octanol–water partition coefficient (Wildman–Crippen LogP) is 5.84. The van der Waals surface area contributed by atoms with E-state index in [2.05, 4.69) is 65.8 Å². The summed E-state index contributed by atoms with van der Waals surface area (Å²) in [5.74, 6) is 1.35. The van der Waals surface area contributed by atoms with E-state index in [-0.39, 0.29) is 5.41 Å². The summed E-state index contributed by atoms with van der Waals surface area (Å²) in [7, 11) is 0. The molecule has 2 rings (SSSR count). The monoisotopic (exact) mass is 256 g/mol. The van der Waals surface area contributed by atoms with Crippen LogP contribution in [0.5, 0.6) is 0 Å². The van der Waals surface area contributed by atoms with Gasteiger partial charge in [0.2, 0.25) is 0 Å². The zero-order valence-corrected chi connectivity index (χ0v) is 13.4. The lowest BCUT2D eigenvalue weighted by atomic mass is 9.74. The first-order chi connectivity index (χ1) is 8.82. The molecular weight excluding hydrogens is 228 g/mol. The van der Waals surface area contributed by atoms with Gasteiger partial charge in [-0.2, -0.15) is 0 Å². The Bertz CT molecular complexity index is 432. The average Bonchev–Trinajstić information content (AvgIpc) is 2.99. The normalized spacial score (nSPS) is 19.8. The first kappa shape index (κ1) is 14.4. The fraction of sp³-hybridized carbons (Fsp3) is 0.579. The van der Waals surface area contributed by atoms with E-state index in [0.29, 0.717) is 11.8 Å². The molecule has 0 bridgehead atoms. The van der Waals surface area contributed by atoms with Gasteiger partial charge in [0.05, 0.1) is 0 Å². The number of rotatable bonds is 4. The van der Waals surface area contributed by atoms with Crippen LogP contribution in [0.25, 0.3) is 0 Å². The molecule has 0 saturated carbocycles. The first-order valence-electron chi connectivity index (χ1n) is 7.62. The standard InChI is InChI=1S/C19H28/c1-13(2)15-7-9-17(11-15)19(5,6)18-10-8-16(12-18)14(3)4/h7-10,13-14H,11-12H2,1-6H3. The Kier molecular flexibility index (Phi) is 3.90. The molecule has 2 aliphatic rings. The summed E-state index contributed by atoms with van der Waals surface area (Å²) in [5.41, 5.74) is 6.54. The number of hydrogen-bond acceptors (Lipinski definition) is 0. The van der Waals surface area contributed by atoms with Gasteiger partial charge in [-0.1, -0.05) is 88.1 Å². The molecule has 0 amide bonds. The van der Waals surface area contributed by atoms with Crippen LogP contribution in [0.2, 0.25) is 0 Å². The molecule has 0 spiro atoms. The van der Waals surface area contributed by atoms with Crippen LogP contribution in [0.1, 0.15) is 54.4 Å². The van der Waals surface area contributed by atoms with E-state index >= 15 is 0 Å². The topological polar surface area (TPSA) is 0 Å². The van der Waals surface area contributed by atoms with Crippen molar-refractivity contribution in [1.82, 2.24) is 0 Å². The van der Waals surface area contributed by atoms with Crippen LogP contribution in [0.3, 0.4) is 0 Å². The average molecular weight is 256 g/mol. The Morgan fingerprint density at radius 2 is 1.11 bits per heavy atom. The Labute approximate surface area is 119 Å². The molecule has 0 heterocycles. The highest BCUT2D eigenvalue weighted by Gasteiger charge is 2.32. The number of allylic oxidation sites excluding steroid dienone is 8. The first-order valence-corrected chi connectivity index (χ1v) is 7.62. The SMILES string of the molecule is CC(C)C1=CC=C(C(C)(C)C2=CC=C(C(C)C)C2)C1. The van der Waals surface area contributed by atoms with Crippen molar-refractivity contribution in [1.29, 1.82) is 0 Å². The van der Waals surface area contributed by atoms with Crippen LogP contribution in [-0.4, -0.2) is 0 Å². The van der Waals surface area contributed by atoms with Gasteiger partial charge in [0.1, 0.15) is 0 Å². The molecule has 0 aromatic rings. The molecule has 2 aliphatic carbocycles. The van der Waals surface area contributed by atoms with E-state index in [0.717, 1.165) is 0 Å². The van der Waals surface area contributed by atoms with E-state index in [9.17, 15) is 0 Å². The minimum atomic E-state index is 0.209. The number of hydrogen-bond donors (Lipinski definition) is 0. The fourth-order valence-corrected chi connectivity index (χ4v) is 2.95. The summed E-state index contributed by atoms with van der Waals surface area (Å²) >= 11 is 0. The van der Waals surface area contributed by atoms with Crippen molar-refractivity contribution < 1.29 is 0 Å². The molecule has 0 heteroatoms. The lowest BCUT2D eigenvalue weighted by Crippen LogP contribution is -2.17. The van der Waals surface area contributed by atoms with Gasteiger partial charge >= 0.3 is 0 Å². The summed E-state index contributed by atoms with van der Waals surface area (Å²) in [5, 5.41) is 0.